The molecule has 2 heteroatoms. The van der Waals surface area contributed by atoms with Crippen molar-refractivity contribution in [2.75, 3.05) is 13.1 Å². The van der Waals surface area contributed by atoms with Gasteiger partial charge in [-0.05, 0) is 30.6 Å². The van der Waals surface area contributed by atoms with Crippen molar-refractivity contribution in [3.8, 4) is 0 Å². The van der Waals surface area contributed by atoms with E-state index in [1.165, 1.54) is 32.1 Å². The molecule has 2 aliphatic carbocycles. The summed E-state index contributed by atoms with van der Waals surface area (Å²) in [6.07, 6.45) is 7.83. The van der Waals surface area contributed by atoms with Crippen LogP contribution in [0.25, 0.3) is 0 Å². The maximum Gasteiger partial charge on any atom is 0.138 e. The van der Waals surface area contributed by atoms with E-state index in [1.54, 1.807) is 0 Å². The van der Waals surface area contributed by atoms with Gasteiger partial charge in [0.25, 0.3) is 0 Å². The molecule has 0 radical (unpaired) electrons. The molecule has 3 unspecified atom stereocenters. The van der Waals surface area contributed by atoms with Crippen LogP contribution in [0.3, 0.4) is 0 Å². The fraction of sp³-hybridized carbons (Fsp3) is 0.923. The third kappa shape index (κ3) is 1.73. The molecular weight excluding hydrogens is 186 g/mol. The molecule has 15 heavy (non-hydrogen) atoms. The van der Waals surface area contributed by atoms with Crippen LogP contribution in [-0.2, 0) is 4.79 Å². The van der Waals surface area contributed by atoms with Gasteiger partial charge < -0.3 is 5.32 Å². The first-order valence-corrected chi connectivity index (χ1v) is 6.61. The van der Waals surface area contributed by atoms with E-state index < -0.39 is 0 Å². The minimum atomic E-state index is 0.381. The topological polar surface area (TPSA) is 29.1 Å². The summed E-state index contributed by atoms with van der Waals surface area (Å²) < 4.78 is 0. The summed E-state index contributed by atoms with van der Waals surface area (Å²) in [4.78, 5) is 11.9. The summed E-state index contributed by atoms with van der Waals surface area (Å²) in [7, 11) is 0. The standard InChI is InChI=1S/C13H21NO/c15-12-6-7-14-8-11(12)13-9-4-2-1-3-5-10(9)13/h9-11,13-14H,1-8H2. The van der Waals surface area contributed by atoms with Crippen LogP contribution in [0.1, 0.15) is 38.5 Å². The Bertz CT molecular complexity index is 251. The predicted molar refractivity (Wildman–Crippen MR) is 59.5 cm³/mol. The number of hydrogen-bond acceptors (Lipinski definition) is 2. The van der Waals surface area contributed by atoms with Gasteiger partial charge in [-0.25, -0.2) is 0 Å². The third-order valence-corrected chi connectivity index (χ3v) is 4.76. The number of ketones is 1. The van der Waals surface area contributed by atoms with Crippen LogP contribution in [0, 0.1) is 23.7 Å². The van der Waals surface area contributed by atoms with Crippen LogP contribution in [0.15, 0.2) is 0 Å². The van der Waals surface area contributed by atoms with Crippen molar-refractivity contribution in [3.05, 3.63) is 0 Å². The first-order valence-electron chi connectivity index (χ1n) is 6.61. The van der Waals surface area contributed by atoms with Crippen LogP contribution < -0.4 is 5.32 Å². The maximum absolute atomic E-state index is 11.9. The Balaban J connectivity index is 1.66. The van der Waals surface area contributed by atoms with Gasteiger partial charge in [-0.1, -0.05) is 19.3 Å². The molecule has 0 spiro atoms. The lowest BCUT2D eigenvalue weighted by molar-refractivity contribution is -0.124. The molecule has 2 nitrogen and oxygen atoms in total. The highest BCUT2D eigenvalue weighted by Gasteiger charge is 2.54. The molecule has 2 saturated carbocycles. The van der Waals surface area contributed by atoms with E-state index in [0.717, 1.165) is 37.3 Å². The SMILES string of the molecule is O=C1CCNCC1C1C2CCCCCC21. The average molecular weight is 207 g/mol. The van der Waals surface area contributed by atoms with Gasteiger partial charge in [-0.3, -0.25) is 4.79 Å². The normalized spacial score (nSPS) is 45.7. The number of rotatable bonds is 1. The number of hydrogen-bond donors (Lipinski definition) is 1. The lowest BCUT2D eigenvalue weighted by Gasteiger charge is -2.22. The number of Topliss-reactive ketones (excluding diaryl/α,β-unsaturated/α-hetero) is 1. The first kappa shape index (κ1) is 9.83. The summed E-state index contributed by atoms with van der Waals surface area (Å²) >= 11 is 0. The van der Waals surface area contributed by atoms with Crippen molar-refractivity contribution in [2.45, 2.75) is 38.5 Å². The molecule has 3 rings (SSSR count). The van der Waals surface area contributed by atoms with E-state index >= 15 is 0 Å². The summed E-state index contributed by atoms with van der Waals surface area (Å²) in [6.45, 7) is 1.88. The molecule has 1 aliphatic heterocycles. The Morgan fingerprint density at radius 1 is 1.07 bits per heavy atom. The molecule has 0 aromatic heterocycles. The Morgan fingerprint density at radius 3 is 2.47 bits per heavy atom. The molecule has 1 heterocycles. The van der Waals surface area contributed by atoms with Crippen molar-refractivity contribution in [1.29, 1.82) is 0 Å². The highest BCUT2D eigenvalue weighted by molar-refractivity contribution is 5.83. The zero-order valence-corrected chi connectivity index (χ0v) is 9.37. The molecule has 3 atom stereocenters. The Morgan fingerprint density at radius 2 is 1.80 bits per heavy atom. The number of carbonyl (C=O) groups excluding carboxylic acids is 1. The summed E-state index contributed by atoms with van der Waals surface area (Å²) in [5.41, 5.74) is 0. The third-order valence-electron chi connectivity index (χ3n) is 4.76. The van der Waals surface area contributed by atoms with E-state index in [1.807, 2.05) is 0 Å². The highest BCUT2D eigenvalue weighted by atomic mass is 16.1. The predicted octanol–water partition coefficient (Wildman–Crippen LogP) is 1.99. The average Bonchev–Trinajstić information content (AvgIpc) is 2.93. The molecule has 0 amide bonds. The molecule has 84 valence electrons. The summed E-state index contributed by atoms with van der Waals surface area (Å²) in [5, 5.41) is 3.39. The molecule has 3 aliphatic rings. The van der Waals surface area contributed by atoms with Crippen molar-refractivity contribution in [3.63, 3.8) is 0 Å². The quantitative estimate of drug-likeness (QED) is 0.712. The van der Waals surface area contributed by atoms with Gasteiger partial charge in [-0.15, -0.1) is 0 Å². The molecule has 0 aromatic rings. The lowest BCUT2D eigenvalue weighted by Crippen LogP contribution is -2.38. The van der Waals surface area contributed by atoms with Crippen LogP contribution in [0.4, 0.5) is 0 Å². The van der Waals surface area contributed by atoms with Gasteiger partial charge >= 0.3 is 0 Å². The molecule has 0 aromatic carbocycles. The van der Waals surface area contributed by atoms with Crippen molar-refractivity contribution in [2.24, 2.45) is 23.7 Å². The van der Waals surface area contributed by atoms with Crippen LogP contribution in [0.5, 0.6) is 0 Å². The second kappa shape index (κ2) is 3.89. The van der Waals surface area contributed by atoms with Gasteiger partial charge in [0, 0.05) is 25.4 Å². The monoisotopic (exact) mass is 207 g/mol. The lowest BCUT2D eigenvalue weighted by atomic mass is 9.89. The van der Waals surface area contributed by atoms with Crippen LogP contribution in [-0.4, -0.2) is 18.9 Å². The molecule has 1 N–H and O–H groups in total. The van der Waals surface area contributed by atoms with E-state index in [4.69, 9.17) is 0 Å². The fourth-order valence-electron chi connectivity index (χ4n) is 3.94. The van der Waals surface area contributed by atoms with Gasteiger partial charge in [0.2, 0.25) is 0 Å². The molecule has 0 bridgehead atoms. The van der Waals surface area contributed by atoms with Crippen molar-refractivity contribution in [1.82, 2.24) is 5.32 Å². The first-order chi connectivity index (χ1) is 7.38. The second-order valence-electron chi connectivity index (χ2n) is 5.57. The van der Waals surface area contributed by atoms with Crippen LogP contribution in [0.2, 0.25) is 0 Å². The second-order valence-corrected chi connectivity index (χ2v) is 5.57. The van der Waals surface area contributed by atoms with E-state index in [2.05, 4.69) is 5.32 Å². The molecule has 3 fully saturated rings. The van der Waals surface area contributed by atoms with E-state index in [9.17, 15) is 4.79 Å². The zero-order chi connectivity index (χ0) is 10.3. The summed E-state index contributed by atoms with van der Waals surface area (Å²) in [6, 6.07) is 0. The van der Waals surface area contributed by atoms with Crippen molar-refractivity contribution < 1.29 is 4.79 Å². The zero-order valence-electron chi connectivity index (χ0n) is 9.37. The van der Waals surface area contributed by atoms with Gasteiger partial charge in [0.1, 0.15) is 5.78 Å². The maximum atomic E-state index is 11.9. The van der Waals surface area contributed by atoms with Gasteiger partial charge in [-0.2, -0.15) is 0 Å². The van der Waals surface area contributed by atoms with Crippen molar-refractivity contribution >= 4 is 5.78 Å². The van der Waals surface area contributed by atoms with E-state index in [0.29, 0.717) is 11.7 Å². The minimum absolute atomic E-state index is 0.381. The molecule has 1 saturated heterocycles. The minimum Gasteiger partial charge on any atom is -0.316 e. The Hall–Kier alpha value is -0.370. The number of carbonyl (C=O) groups is 1. The highest BCUT2D eigenvalue weighted by Crippen LogP contribution is 2.58. The molecular formula is C13H21NO. The number of fused-ring (bicyclic) bond motifs is 1. The number of nitrogens with one attached hydrogen (secondary N) is 1. The van der Waals surface area contributed by atoms with Crippen LogP contribution >= 0.6 is 0 Å². The Labute approximate surface area is 91.8 Å². The Kier molecular flexibility index (Phi) is 2.55. The smallest absolute Gasteiger partial charge is 0.138 e. The summed E-state index contributed by atoms with van der Waals surface area (Å²) in [5.74, 6) is 3.53. The van der Waals surface area contributed by atoms with E-state index in [-0.39, 0.29) is 0 Å². The van der Waals surface area contributed by atoms with Gasteiger partial charge in [0.05, 0.1) is 0 Å². The van der Waals surface area contributed by atoms with Gasteiger partial charge in [0.15, 0.2) is 0 Å². The largest absolute Gasteiger partial charge is 0.316 e. The number of piperidine rings is 1. The fourth-order valence-corrected chi connectivity index (χ4v) is 3.94.